The van der Waals surface area contributed by atoms with Gasteiger partial charge in [-0.25, -0.2) is 25.3 Å². The van der Waals surface area contributed by atoms with E-state index in [1.54, 1.807) is 6.07 Å². The Kier molecular flexibility index (Phi) is 6.87. The normalized spacial score (nSPS) is 12.8. The van der Waals surface area contributed by atoms with E-state index in [1.165, 1.54) is 36.4 Å². The highest BCUT2D eigenvalue weighted by Crippen LogP contribution is 2.39. The van der Waals surface area contributed by atoms with Crippen molar-refractivity contribution in [1.82, 2.24) is 0 Å². The van der Waals surface area contributed by atoms with Gasteiger partial charge in [0, 0.05) is 6.16 Å². The first-order valence-corrected chi connectivity index (χ1v) is 14.4. The summed E-state index contributed by atoms with van der Waals surface area (Å²) in [6.07, 6.45) is 0.0728. The third kappa shape index (κ3) is 5.99. The second-order valence-corrected chi connectivity index (χ2v) is 12.9. The molecule has 0 aliphatic carbocycles. The molecule has 0 aliphatic heterocycles. The summed E-state index contributed by atoms with van der Waals surface area (Å²) in [6, 6.07) is 15.5. The molecule has 0 bridgehead atoms. The molecule has 3 rings (SSSR count). The van der Waals surface area contributed by atoms with Crippen molar-refractivity contribution in [2.24, 2.45) is 0 Å². The van der Waals surface area contributed by atoms with Crippen molar-refractivity contribution in [2.45, 2.75) is 20.8 Å². The van der Waals surface area contributed by atoms with E-state index in [2.05, 4.69) is 0 Å². The number of benzene rings is 3. The van der Waals surface area contributed by atoms with Crippen molar-refractivity contribution < 1.29 is 38.9 Å². The number of rotatable bonds is 7. The fourth-order valence-corrected chi connectivity index (χ4v) is 7.02. The first-order chi connectivity index (χ1) is 14.7. The van der Waals surface area contributed by atoms with Gasteiger partial charge in [-0.15, -0.1) is 0 Å². The molecule has 3 aromatic carbocycles. The smallest absolute Gasteiger partial charge is 0.124 e. The van der Waals surface area contributed by atoms with Gasteiger partial charge in [0.05, 0.1) is 14.7 Å². The van der Waals surface area contributed by atoms with Crippen LogP contribution in [0, 0.1) is 0 Å². The van der Waals surface area contributed by atoms with Crippen LogP contribution in [0.4, 0.5) is 0 Å². The Morgan fingerprint density at radius 3 is 1.34 bits per heavy atom. The molecule has 0 heterocycles. The average Bonchev–Trinajstić information content (AvgIpc) is 2.70. The Balaban J connectivity index is 2.17. The lowest BCUT2D eigenvalue weighted by Crippen LogP contribution is -2.16. The Morgan fingerprint density at radius 2 is 0.938 bits per heavy atom. The Morgan fingerprint density at radius 1 is 0.562 bits per heavy atom. The van der Waals surface area contributed by atoms with Gasteiger partial charge in [-0.05, 0) is 60.5 Å². The van der Waals surface area contributed by atoms with Crippen LogP contribution in [0.2, 0.25) is 0 Å². The standard InChI is InChI=1S/C19H17O9PS3/c20-30(21,22)17-7-1-4-14(10-17)13-29(15-5-2-8-18(11-15)31(23,24)25)16-6-3-9-19(12-16)32(26,27)28/h1-12H,13H2,(H,20,21,22)(H,23,24,25)(H,26,27,28)/p-3. The van der Waals surface area contributed by atoms with Gasteiger partial charge in [0.15, 0.2) is 0 Å². The van der Waals surface area contributed by atoms with Crippen LogP contribution in [0.25, 0.3) is 0 Å². The molecule has 9 nitrogen and oxygen atoms in total. The molecule has 0 N–H and O–H groups in total. The van der Waals surface area contributed by atoms with Crippen LogP contribution in [0.5, 0.6) is 0 Å². The maximum Gasteiger partial charge on any atom is 0.124 e. The molecule has 0 unspecified atom stereocenters. The van der Waals surface area contributed by atoms with Gasteiger partial charge in [0.2, 0.25) is 0 Å². The van der Waals surface area contributed by atoms with Gasteiger partial charge in [-0.2, -0.15) is 0 Å². The zero-order valence-electron chi connectivity index (χ0n) is 16.0. The van der Waals surface area contributed by atoms with E-state index in [9.17, 15) is 38.9 Å². The predicted octanol–water partition coefficient (Wildman–Crippen LogP) is 1.03. The quantitative estimate of drug-likeness (QED) is 0.330. The molecular formula is C19H14O9PS3-3. The molecule has 0 spiro atoms. The minimum atomic E-state index is -4.78. The summed E-state index contributed by atoms with van der Waals surface area (Å²) < 4.78 is 103. The maximum absolute atomic E-state index is 11.5. The van der Waals surface area contributed by atoms with Crippen molar-refractivity contribution in [1.29, 1.82) is 0 Å². The molecule has 3 aromatic rings. The second-order valence-electron chi connectivity index (χ2n) is 6.59. The molecule has 0 amide bonds. The average molecular weight is 513 g/mol. The van der Waals surface area contributed by atoms with Crippen LogP contribution in [-0.4, -0.2) is 38.9 Å². The molecule has 0 aromatic heterocycles. The molecule has 0 fully saturated rings. The molecule has 0 aliphatic rings. The van der Waals surface area contributed by atoms with Crippen LogP contribution in [-0.2, 0) is 36.5 Å². The minimum Gasteiger partial charge on any atom is -0.744 e. The van der Waals surface area contributed by atoms with Crippen molar-refractivity contribution in [2.75, 3.05) is 0 Å². The van der Waals surface area contributed by atoms with Crippen molar-refractivity contribution in [3.05, 3.63) is 78.4 Å². The zero-order valence-corrected chi connectivity index (χ0v) is 19.3. The van der Waals surface area contributed by atoms with E-state index in [-0.39, 0.29) is 6.16 Å². The zero-order chi connectivity index (χ0) is 23.7. The summed E-state index contributed by atoms with van der Waals surface area (Å²) in [6.45, 7) is 0. The molecular weight excluding hydrogens is 499 g/mol. The van der Waals surface area contributed by atoms with Crippen molar-refractivity contribution in [3.63, 3.8) is 0 Å². The molecule has 32 heavy (non-hydrogen) atoms. The van der Waals surface area contributed by atoms with Crippen molar-refractivity contribution >= 4 is 48.9 Å². The summed E-state index contributed by atoms with van der Waals surface area (Å²) in [5.41, 5.74) is 0.402. The molecule has 13 heteroatoms. The van der Waals surface area contributed by atoms with E-state index >= 15 is 0 Å². The third-order valence-electron chi connectivity index (χ3n) is 4.36. The Bertz CT molecular complexity index is 1410. The topological polar surface area (TPSA) is 172 Å². The molecule has 0 radical (unpaired) electrons. The largest absolute Gasteiger partial charge is 0.744 e. The fraction of sp³-hybridized carbons (Fsp3) is 0.0526. The van der Waals surface area contributed by atoms with Gasteiger partial charge in [0.25, 0.3) is 0 Å². The lowest BCUT2D eigenvalue weighted by Gasteiger charge is -2.22. The van der Waals surface area contributed by atoms with E-state index < -0.39 is 53.0 Å². The highest BCUT2D eigenvalue weighted by atomic mass is 32.2. The van der Waals surface area contributed by atoms with Crippen LogP contribution >= 0.6 is 7.92 Å². The molecule has 0 saturated carbocycles. The summed E-state index contributed by atoms with van der Waals surface area (Å²) >= 11 is 0. The molecule has 0 atom stereocenters. The monoisotopic (exact) mass is 513 g/mol. The SMILES string of the molecule is O=S(=O)([O-])c1cccc(CP(c2cccc(S(=O)(=O)[O-])c2)c2cccc(S(=O)(=O)[O-])c2)c1. The third-order valence-corrected chi connectivity index (χ3v) is 9.34. The lowest BCUT2D eigenvalue weighted by molar-refractivity contribution is 0.461. The van der Waals surface area contributed by atoms with Gasteiger partial charge in [-0.1, -0.05) is 36.4 Å². The van der Waals surface area contributed by atoms with Gasteiger partial charge < -0.3 is 13.7 Å². The Labute approximate surface area is 186 Å². The van der Waals surface area contributed by atoms with E-state index in [4.69, 9.17) is 0 Å². The van der Waals surface area contributed by atoms with Crippen LogP contribution in [0.15, 0.2) is 87.5 Å². The summed E-state index contributed by atoms with van der Waals surface area (Å²) in [4.78, 5) is -1.45. The predicted molar refractivity (Wildman–Crippen MR) is 113 cm³/mol. The maximum atomic E-state index is 11.5. The summed E-state index contributed by atoms with van der Waals surface area (Å²) in [5.74, 6) is 0. The first kappa shape index (κ1) is 24.5. The number of hydrogen-bond donors (Lipinski definition) is 0. The van der Waals surface area contributed by atoms with Gasteiger partial charge in [-0.3, -0.25) is 0 Å². The fourth-order valence-electron chi connectivity index (χ4n) is 2.93. The molecule has 170 valence electrons. The van der Waals surface area contributed by atoms with Crippen molar-refractivity contribution in [3.8, 4) is 0 Å². The highest BCUT2D eigenvalue weighted by molar-refractivity contribution is 7.86. The van der Waals surface area contributed by atoms with Crippen LogP contribution in [0.3, 0.4) is 0 Å². The second kappa shape index (κ2) is 8.99. The minimum absolute atomic E-state index is 0.0728. The Hall–Kier alpha value is -2.18. The summed E-state index contributed by atoms with van der Waals surface area (Å²) in [5, 5.41) is 0.737. The van der Waals surface area contributed by atoms with Gasteiger partial charge >= 0.3 is 0 Å². The van der Waals surface area contributed by atoms with Gasteiger partial charge in [0.1, 0.15) is 30.4 Å². The highest BCUT2D eigenvalue weighted by Gasteiger charge is 2.18. The lowest BCUT2D eigenvalue weighted by atomic mass is 10.2. The van der Waals surface area contributed by atoms with E-state index in [1.807, 2.05) is 0 Å². The van der Waals surface area contributed by atoms with E-state index in [0.717, 1.165) is 30.3 Å². The summed E-state index contributed by atoms with van der Waals surface area (Å²) in [7, 11) is -15.9. The van der Waals surface area contributed by atoms with Crippen LogP contribution in [0.1, 0.15) is 5.56 Å². The van der Waals surface area contributed by atoms with E-state index in [0.29, 0.717) is 16.2 Å². The molecule has 0 saturated heterocycles. The first-order valence-electron chi connectivity index (χ1n) is 8.69. The van der Waals surface area contributed by atoms with Crippen LogP contribution < -0.4 is 10.6 Å². The number of hydrogen-bond acceptors (Lipinski definition) is 9.